The number of carbonyl (C=O) groups excluding carboxylic acids is 1. The predicted molar refractivity (Wildman–Crippen MR) is 66.9 cm³/mol. The Morgan fingerprint density at radius 1 is 1.75 bits per heavy atom. The minimum absolute atomic E-state index is 0.298. The Balaban J connectivity index is 4.06. The van der Waals surface area contributed by atoms with E-state index in [1.165, 1.54) is 0 Å². The number of alkyl halides is 2. The lowest BCUT2D eigenvalue weighted by atomic mass is 10.7. The molecule has 0 N–H and O–H groups in total. The summed E-state index contributed by atoms with van der Waals surface area (Å²) < 4.78 is 9.25. The molecule has 3 nitrogen and oxygen atoms in total. The second-order valence-corrected chi connectivity index (χ2v) is 7.13. The number of hydrogen-bond acceptors (Lipinski definition) is 3. The molecule has 0 spiro atoms. The van der Waals surface area contributed by atoms with Gasteiger partial charge in [0.25, 0.3) is 2.52 Å². The molecule has 70 valence electrons. The average molecular weight is 461 g/mol. The number of ether oxygens (including phenoxy) is 2. The fourth-order valence-corrected chi connectivity index (χ4v) is 0.729. The Labute approximate surface area is 107 Å². The second kappa shape index (κ2) is 5.63. The van der Waals surface area contributed by atoms with Crippen molar-refractivity contribution in [2.45, 2.75) is 9.44 Å². The summed E-state index contributed by atoms with van der Waals surface area (Å²) in [7, 11) is 0. The van der Waals surface area contributed by atoms with Crippen molar-refractivity contribution in [2.24, 2.45) is 0 Å². The molecule has 0 fully saturated rings. The van der Waals surface area contributed by atoms with Crippen LogP contribution < -0.4 is 0 Å². The summed E-state index contributed by atoms with van der Waals surface area (Å²) in [6, 6.07) is 0. The Kier molecular flexibility index (Phi) is 6.08. The van der Waals surface area contributed by atoms with E-state index in [9.17, 15) is 4.79 Å². The molecule has 0 saturated heterocycles. The van der Waals surface area contributed by atoms with E-state index in [4.69, 9.17) is 4.74 Å². The van der Waals surface area contributed by atoms with Crippen molar-refractivity contribution in [3.63, 3.8) is 0 Å². The zero-order valence-corrected chi connectivity index (χ0v) is 12.2. The maximum Gasteiger partial charge on any atom is 0.510 e. The van der Waals surface area contributed by atoms with Crippen molar-refractivity contribution in [3.05, 3.63) is 10.2 Å². The van der Waals surface area contributed by atoms with Gasteiger partial charge in [0.05, 0.1) is 6.61 Å². The summed E-state index contributed by atoms with van der Waals surface area (Å²) in [6.07, 6.45) is -0.707. The number of halogens is 3. The standard InChI is InChI=1S/C6H7BrI2O3/c1-3-11-5(10)12-6(7,9)4(2)8/h2-3H2,1H3. The number of carbonyl (C=O) groups is 1. The molecule has 1 unspecified atom stereocenters. The van der Waals surface area contributed by atoms with E-state index >= 15 is 0 Å². The fraction of sp³-hybridized carbons (Fsp3) is 0.500. The molecule has 0 rings (SSSR count). The highest BCUT2D eigenvalue weighted by Gasteiger charge is 2.30. The Morgan fingerprint density at radius 2 is 2.25 bits per heavy atom. The van der Waals surface area contributed by atoms with Crippen molar-refractivity contribution in [2.75, 3.05) is 6.61 Å². The van der Waals surface area contributed by atoms with E-state index in [-0.39, 0.29) is 0 Å². The normalized spacial score (nSPS) is 14.7. The SMILES string of the molecule is C=C(I)C(Br)(I)OC(=O)OCC. The van der Waals surface area contributed by atoms with Crippen LogP contribution in [-0.4, -0.2) is 15.3 Å². The zero-order valence-electron chi connectivity index (χ0n) is 6.27. The van der Waals surface area contributed by atoms with Gasteiger partial charge in [0.1, 0.15) is 0 Å². The lowest BCUT2D eigenvalue weighted by molar-refractivity contribution is 0.0581. The zero-order chi connectivity index (χ0) is 9.78. The average Bonchev–Trinajstić information content (AvgIpc) is 1.85. The molecule has 0 amide bonds. The van der Waals surface area contributed by atoms with Crippen molar-refractivity contribution in [1.82, 2.24) is 0 Å². The van der Waals surface area contributed by atoms with Gasteiger partial charge in [-0.3, -0.25) is 0 Å². The van der Waals surface area contributed by atoms with Crippen LogP contribution in [0.5, 0.6) is 0 Å². The molecule has 0 aliphatic heterocycles. The molecule has 0 bridgehead atoms. The van der Waals surface area contributed by atoms with Gasteiger partial charge < -0.3 is 9.47 Å². The van der Waals surface area contributed by atoms with Crippen LogP contribution in [0.25, 0.3) is 0 Å². The molecule has 0 aromatic carbocycles. The summed E-state index contributed by atoms with van der Waals surface area (Å²) in [5.74, 6) is 0. The highest BCUT2D eigenvalue weighted by molar-refractivity contribution is 14.1. The van der Waals surface area contributed by atoms with Gasteiger partial charge in [-0.1, -0.05) is 6.58 Å². The van der Waals surface area contributed by atoms with Gasteiger partial charge in [-0.25, -0.2) is 4.79 Å². The third-order valence-corrected chi connectivity index (χ3v) is 4.83. The van der Waals surface area contributed by atoms with Crippen LogP contribution in [0.4, 0.5) is 4.79 Å². The Morgan fingerprint density at radius 3 is 2.58 bits per heavy atom. The maximum atomic E-state index is 10.8. The number of hydrogen-bond donors (Lipinski definition) is 0. The van der Waals surface area contributed by atoms with Crippen LogP contribution in [-0.2, 0) is 9.47 Å². The Bertz CT molecular complexity index is 193. The van der Waals surface area contributed by atoms with Crippen LogP contribution in [0.15, 0.2) is 10.2 Å². The summed E-state index contributed by atoms with van der Waals surface area (Å²) >= 11 is 7.05. The third-order valence-electron chi connectivity index (χ3n) is 0.790. The summed E-state index contributed by atoms with van der Waals surface area (Å²) in [5, 5.41) is 0. The van der Waals surface area contributed by atoms with Crippen LogP contribution >= 0.6 is 61.1 Å². The van der Waals surface area contributed by atoms with Crippen molar-refractivity contribution in [1.29, 1.82) is 0 Å². The topological polar surface area (TPSA) is 35.5 Å². The molecule has 0 aliphatic rings. The molecule has 12 heavy (non-hydrogen) atoms. The van der Waals surface area contributed by atoms with Crippen LogP contribution in [0.3, 0.4) is 0 Å². The first-order valence-corrected chi connectivity index (χ1v) is 5.93. The van der Waals surface area contributed by atoms with E-state index in [1.54, 1.807) is 6.92 Å². The molecule has 0 aromatic heterocycles. The molecule has 1 atom stereocenters. The first-order valence-electron chi connectivity index (χ1n) is 2.98. The molecule has 0 saturated carbocycles. The third kappa shape index (κ3) is 4.85. The summed E-state index contributed by atoms with van der Waals surface area (Å²) in [6.45, 7) is 5.65. The molecule has 0 radical (unpaired) electrons. The van der Waals surface area contributed by atoms with Crippen LogP contribution in [0, 0.1) is 0 Å². The minimum Gasteiger partial charge on any atom is -0.435 e. The van der Waals surface area contributed by atoms with E-state index in [2.05, 4.69) is 27.2 Å². The van der Waals surface area contributed by atoms with Crippen molar-refractivity contribution < 1.29 is 14.3 Å². The first-order chi connectivity index (χ1) is 5.40. The van der Waals surface area contributed by atoms with Crippen molar-refractivity contribution >= 4 is 67.3 Å². The molecular formula is C6H7BrI2O3. The summed E-state index contributed by atoms with van der Waals surface area (Å²) in [4.78, 5) is 10.8. The minimum atomic E-state index is -0.877. The lowest BCUT2D eigenvalue weighted by Gasteiger charge is -2.18. The molecule has 0 aromatic rings. The molecular weight excluding hydrogens is 454 g/mol. The largest absolute Gasteiger partial charge is 0.510 e. The molecule has 0 heterocycles. The lowest BCUT2D eigenvalue weighted by Crippen LogP contribution is -2.21. The monoisotopic (exact) mass is 460 g/mol. The van der Waals surface area contributed by atoms with Crippen molar-refractivity contribution in [3.8, 4) is 0 Å². The smallest absolute Gasteiger partial charge is 0.435 e. The van der Waals surface area contributed by atoms with E-state index in [1.807, 2.05) is 45.2 Å². The van der Waals surface area contributed by atoms with E-state index in [0.717, 1.165) is 0 Å². The van der Waals surface area contributed by atoms with Crippen LogP contribution in [0.1, 0.15) is 6.92 Å². The quantitative estimate of drug-likeness (QED) is 0.367. The van der Waals surface area contributed by atoms with Gasteiger partial charge >= 0.3 is 6.16 Å². The summed E-state index contributed by atoms with van der Waals surface area (Å²) in [5.41, 5.74) is 0. The Hall–Kier alpha value is 0.950. The van der Waals surface area contributed by atoms with Gasteiger partial charge in [-0.15, -0.1) is 0 Å². The van der Waals surface area contributed by atoms with Gasteiger partial charge in [0, 0.05) is 3.58 Å². The van der Waals surface area contributed by atoms with Gasteiger partial charge in [0.15, 0.2) is 0 Å². The second-order valence-electron chi connectivity index (χ2n) is 1.71. The van der Waals surface area contributed by atoms with Gasteiger partial charge in [-0.2, -0.15) is 0 Å². The van der Waals surface area contributed by atoms with E-state index in [0.29, 0.717) is 10.2 Å². The highest BCUT2D eigenvalue weighted by Crippen LogP contribution is 2.39. The van der Waals surface area contributed by atoms with Gasteiger partial charge in [-0.05, 0) is 68.0 Å². The van der Waals surface area contributed by atoms with E-state index < -0.39 is 8.67 Å². The number of rotatable bonds is 3. The highest BCUT2D eigenvalue weighted by atomic mass is 127. The van der Waals surface area contributed by atoms with Crippen LogP contribution in [0.2, 0.25) is 0 Å². The maximum absolute atomic E-state index is 10.8. The first kappa shape index (κ1) is 12.9. The fourth-order valence-electron chi connectivity index (χ4n) is 0.307. The predicted octanol–water partition coefficient (Wildman–Crippen LogP) is 3.59. The van der Waals surface area contributed by atoms with Gasteiger partial charge in [0.2, 0.25) is 0 Å². The molecule has 0 aliphatic carbocycles. The molecule has 6 heteroatoms.